The molecular formula is C15H20N2O4. The molecule has 0 aliphatic rings. The molecule has 0 saturated carbocycles. The Bertz CT molecular complexity index is 561. The van der Waals surface area contributed by atoms with Crippen LogP contribution in [-0.2, 0) is 6.54 Å². The Hall–Kier alpha value is -2.21. The number of benzene rings is 1. The van der Waals surface area contributed by atoms with Crippen molar-refractivity contribution in [1.29, 1.82) is 0 Å². The summed E-state index contributed by atoms with van der Waals surface area (Å²) < 4.78 is 17.8. The molecule has 1 atom stereocenters. The van der Waals surface area contributed by atoms with Gasteiger partial charge in [0, 0.05) is 30.6 Å². The van der Waals surface area contributed by atoms with Crippen LogP contribution in [0.2, 0.25) is 0 Å². The van der Waals surface area contributed by atoms with Gasteiger partial charge in [-0.3, -0.25) is 0 Å². The molecule has 6 heteroatoms. The first-order valence-electron chi connectivity index (χ1n) is 6.64. The molecule has 1 aromatic carbocycles. The maximum Gasteiger partial charge on any atom is 0.126 e. The Kier molecular flexibility index (Phi) is 5.05. The molecule has 21 heavy (non-hydrogen) atoms. The zero-order valence-electron chi connectivity index (χ0n) is 12.4. The second-order valence-corrected chi connectivity index (χ2v) is 4.64. The summed E-state index contributed by atoms with van der Waals surface area (Å²) in [6, 6.07) is 5.26. The number of nitrogens with zero attached hydrogens (tertiary/aromatic N) is 2. The second-order valence-electron chi connectivity index (χ2n) is 4.64. The van der Waals surface area contributed by atoms with Crippen LogP contribution in [0.15, 0.2) is 30.6 Å². The average molecular weight is 292 g/mol. The highest BCUT2D eigenvalue weighted by Crippen LogP contribution is 2.27. The van der Waals surface area contributed by atoms with Gasteiger partial charge in [0.25, 0.3) is 0 Å². The minimum Gasteiger partial charge on any atom is -0.496 e. The zero-order valence-corrected chi connectivity index (χ0v) is 12.4. The highest BCUT2D eigenvalue weighted by atomic mass is 16.5. The SMILES string of the molecule is COc1cc(OC)cc(OC[C@H](O)Cn2ccnc2C)c1. The first-order valence-corrected chi connectivity index (χ1v) is 6.64. The highest BCUT2D eigenvalue weighted by molar-refractivity contribution is 5.41. The van der Waals surface area contributed by atoms with E-state index < -0.39 is 6.10 Å². The van der Waals surface area contributed by atoms with Crippen LogP contribution in [0.25, 0.3) is 0 Å². The lowest BCUT2D eigenvalue weighted by molar-refractivity contribution is 0.0917. The van der Waals surface area contributed by atoms with E-state index in [1.165, 1.54) is 0 Å². The molecule has 2 aromatic rings. The number of aliphatic hydroxyl groups is 1. The van der Waals surface area contributed by atoms with Crippen molar-refractivity contribution in [2.75, 3.05) is 20.8 Å². The molecule has 0 saturated heterocycles. The first kappa shape index (κ1) is 15.2. The van der Waals surface area contributed by atoms with Crippen molar-refractivity contribution in [3.05, 3.63) is 36.4 Å². The Morgan fingerprint density at radius 3 is 2.29 bits per heavy atom. The van der Waals surface area contributed by atoms with E-state index in [9.17, 15) is 5.11 Å². The monoisotopic (exact) mass is 292 g/mol. The molecule has 0 spiro atoms. The fraction of sp³-hybridized carbons (Fsp3) is 0.400. The van der Waals surface area contributed by atoms with Gasteiger partial charge in [0.05, 0.1) is 20.8 Å². The van der Waals surface area contributed by atoms with Crippen molar-refractivity contribution in [2.45, 2.75) is 19.6 Å². The van der Waals surface area contributed by atoms with Crippen LogP contribution in [0, 0.1) is 6.92 Å². The van der Waals surface area contributed by atoms with E-state index in [2.05, 4.69) is 4.98 Å². The normalized spacial score (nSPS) is 12.0. The first-order chi connectivity index (χ1) is 10.1. The van der Waals surface area contributed by atoms with Crippen molar-refractivity contribution < 1.29 is 19.3 Å². The third-order valence-electron chi connectivity index (χ3n) is 3.10. The van der Waals surface area contributed by atoms with Crippen LogP contribution in [0.1, 0.15) is 5.82 Å². The lowest BCUT2D eigenvalue weighted by atomic mass is 10.3. The lowest BCUT2D eigenvalue weighted by Crippen LogP contribution is -2.23. The number of aryl methyl sites for hydroxylation is 1. The summed E-state index contributed by atoms with van der Waals surface area (Å²) in [4.78, 5) is 4.11. The van der Waals surface area contributed by atoms with E-state index in [0.29, 0.717) is 23.8 Å². The molecule has 6 nitrogen and oxygen atoms in total. The van der Waals surface area contributed by atoms with Gasteiger partial charge in [-0.1, -0.05) is 0 Å². The number of imidazole rings is 1. The summed E-state index contributed by atoms with van der Waals surface area (Å²) in [6.07, 6.45) is 2.90. The molecule has 0 bridgehead atoms. The molecule has 1 heterocycles. The van der Waals surface area contributed by atoms with E-state index in [4.69, 9.17) is 14.2 Å². The second kappa shape index (κ2) is 6.99. The number of rotatable bonds is 7. The van der Waals surface area contributed by atoms with Gasteiger partial charge in [0.15, 0.2) is 0 Å². The van der Waals surface area contributed by atoms with E-state index in [-0.39, 0.29) is 6.61 Å². The topological polar surface area (TPSA) is 65.7 Å². The van der Waals surface area contributed by atoms with E-state index in [1.54, 1.807) is 38.6 Å². The number of hydrogen-bond acceptors (Lipinski definition) is 5. The third-order valence-corrected chi connectivity index (χ3v) is 3.10. The van der Waals surface area contributed by atoms with Gasteiger partial charge in [0.1, 0.15) is 35.8 Å². The Morgan fingerprint density at radius 1 is 1.14 bits per heavy atom. The van der Waals surface area contributed by atoms with Crippen LogP contribution in [0.5, 0.6) is 17.2 Å². The molecule has 0 amide bonds. The van der Waals surface area contributed by atoms with Crippen LogP contribution < -0.4 is 14.2 Å². The van der Waals surface area contributed by atoms with Gasteiger partial charge in [0.2, 0.25) is 0 Å². The minimum atomic E-state index is -0.630. The summed E-state index contributed by atoms with van der Waals surface area (Å²) in [5, 5.41) is 10.0. The van der Waals surface area contributed by atoms with Crippen molar-refractivity contribution in [3.8, 4) is 17.2 Å². The van der Waals surface area contributed by atoms with Gasteiger partial charge >= 0.3 is 0 Å². The molecular weight excluding hydrogens is 272 g/mol. The lowest BCUT2D eigenvalue weighted by Gasteiger charge is -2.15. The minimum absolute atomic E-state index is 0.175. The molecule has 2 rings (SSSR count). The van der Waals surface area contributed by atoms with Crippen LogP contribution in [0.4, 0.5) is 0 Å². The molecule has 1 N–H and O–H groups in total. The summed E-state index contributed by atoms with van der Waals surface area (Å²) in [5.74, 6) is 2.73. The Balaban J connectivity index is 1.94. The predicted molar refractivity (Wildman–Crippen MR) is 78.0 cm³/mol. The fourth-order valence-corrected chi connectivity index (χ4v) is 1.93. The molecule has 0 aliphatic carbocycles. The summed E-state index contributed by atoms with van der Waals surface area (Å²) in [6.45, 7) is 2.50. The summed E-state index contributed by atoms with van der Waals surface area (Å²) >= 11 is 0. The van der Waals surface area contributed by atoms with Crippen LogP contribution in [0.3, 0.4) is 0 Å². The van der Waals surface area contributed by atoms with Crippen molar-refractivity contribution in [1.82, 2.24) is 9.55 Å². The number of aromatic nitrogens is 2. The van der Waals surface area contributed by atoms with Crippen molar-refractivity contribution in [3.63, 3.8) is 0 Å². The van der Waals surface area contributed by atoms with Crippen LogP contribution in [-0.4, -0.2) is 41.6 Å². The average Bonchev–Trinajstić information content (AvgIpc) is 2.90. The molecule has 0 aliphatic heterocycles. The Morgan fingerprint density at radius 2 is 1.76 bits per heavy atom. The maximum atomic E-state index is 10.0. The van der Waals surface area contributed by atoms with Gasteiger partial charge in [-0.05, 0) is 6.92 Å². The molecule has 0 fully saturated rings. The standard InChI is InChI=1S/C15H20N2O4/c1-11-16-4-5-17(11)9-12(18)10-21-15-7-13(19-2)6-14(8-15)20-3/h4-8,12,18H,9-10H2,1-3H3/t12-/m1/s1. The number of hydrogen-bond donors (Lipinski definition) is 1. The molecule has 0 unspecified atom stereocenters. The predicted octanol–water partition coefficient (Wildman–Crippen LogP) is 1.65. The van der Waals surface area contributed by atoms with E-state index >= 15 is 0 Å². The van der Waals surface area contributed by atoms with Gasteiger partial charge in [-0.25, -0.2) is 4.98 Å². The van der Waals surface area contributed by atoms with E-state index in [0.717, 1.165) is 5.82 Å². The quantitative estimate of drug-likeness (QED) is 0.840. The Labute approximate surface area is 123 Å². The number of methoxy groups -OCH3 is 2. The largest absolute Gasteiger partial charge is 0.496 e. The smallest absolute Gasteiger partial charge is 0.126 e. The van der Waals surface area contributed by atoms with Gasteiger partial charge < -0.3 is 23.9 Å². The molecule has 114 valence electrons. The fourth-order valence-electron chi connectivity index (χ4n) is 1.93. The summed E-state index contributed by atoms with van der Waals surface area (Å²) in [5.41, 5.74) is 0. The number of aliphatic hydroxyl groups excluding tert-OH is 1. The zero-order chi connectivity index (χ0) is 15.2. The molecule has 1 aromatic heterocycles. The third kappa shape index (κ3) is 4.13. The molecule has 0 radical (unpaired) electrons. The van der Waals surface area contributed by atoms with Crippen LogP contribution >= 0.6 is 0 Å². The van der Waals surface area contributed by atoms with Crippen molar-refractivity contribution >= 4 is 0 Å². The maximum absolute atomic E-state index is 10.0. The van der Waals surface area contributed by atoms with Crippen molar-refractivity contribution in [2.24, 2.45) is 0 Å². The van der Waals surface area contributed by atoms with E-state index in [1.807, 2.05) is 17.7 Å². The number of ether oxygens (including phenoxy) is 3. The highest BCUT2D eigenvalue weighted by Gasteiger charge is 2.09. The van der Waals surface area contributed by atoms with Gasteiger partial charge in [-0.15, -0.1) is 0 Å². The summed E-state index contributed by atoms with van der Waals surface area (Å²) in [7, 11) is 3.16. The van der Waals surface area contributed by atoms with Gasteiger partial charge in [-0.2, -0.15) is 0 Å².